The molecule has 2 aliphatic rings. The molecule has 1 aromatic rings. The van der Waals surface area contributed by atoms with Gasteiger partial charge in [0.15, 0.2) is 0 Å². The van der Waals surface area contributed by atoms with E-state index in [-0.39, 0.29) is 0 Å². The van der Waals surface area contributed by atoms with Gasteiger partial charge in [0.2, 0.25) is 0 Å². The molecule has 1 aromatic carbocycles. The summed E-state index contributed by atoms with van der Waals surface area (Å²) < 4.78 is 0. The van der Waals surface area contributed by atoms with Crippen LogP contribution in [0.5, 0.6) is 0 Å². The van der Waals surface area contributed by atoms with Crippen molar-refractivity contribution in [2.45, 2.75) is 57.5 Å². The molecule has 2 fully saturated rings. The van der Waals surface area contributed by atoms with Crippen molar-refractivity contribution in [3.63, 3.8) is 0 Å². The number of piperazine rings is 1. The van der Waals surface area contributed by atoms with Gasteiger partial charge in [0.1, 0.15) is 0 Å². The first-order chi connectivity index (χ1) is 10.3. The maximum Gasteiger partial charge on any atom is 0.0450 e. The van der Waals surface area contributed by atoms with Gasteiger partial charge in [0.05, 0.1) is 0 Å². The van der Waals surface area contributed by atoms with Crippen molar-refractivity contribution in [2.75, 3.05) is 19.6 Å². The maximum atomic E-state index is 3.83. The smallest absolute Gasteiger partial charge is 0.0450 e. The maximum absolute atomic E-state index is 3.83. The average molecular weight is 286 g/mol. The Balaban J connectivity index is 1.75. The number of nitrogens with one attached hydrogen (secondary N) is 1. The molecule has 0 aromatic heterocycles. The molecule has 1 aliphatic heterocycles. The Labute approximate surface area is 129 Å². The average Bonchev–Trinajstić information content (AvgIpc) is 2.51. The summed E-state index contributed by atoms with van der Waals surface area (Å²) in [6.45, 7) is 8.34. The SMILES string of the molecule is CCC1(CC)CNC(c2ccccc2)CN1CC1CCC1. The summed E-state index contributed by atoms with van der Waals surface area (Å²) in [5, 5.41) is 3.83. The van der Waals surface area contributed by atoms with E-state index in [1.165, 1.54) is 50.8 Å². The lowest BCUT2D eigenvalue weighted by Gasteiger charge is -2.51. The molecule has 3 rings (SSSR count). The van der Waals surface area contributed by atoms with Crippen molar-refractivity contribution in [2.24, 2.45) is 5.92 Å². The lowest BCUT2D eigenvalue weighted by molar-refractivity contribution is 0.00768. The Morgan fingerprint density at radius 1 is 1.14 bits per heavy atom. The topological polar surface area (TPSA) is 15.3 Å². The van der Waals surface area contributed by atoms with E-state index in [2.05, 4.69) is 54.4 Å². The number of hydrogen-bond acceptors (Lipinski definition) is 2. The highest BCUT2D eigenvalue weighted by Gasteiger charge is 2.40. The predicted molar refractivity (Wildman–Crippen MR) is 89.4 cm³/mol. The van der Waals surface area contributed by atoms with Crippen molar-refractivity contribution in [3.05, 3.63) is 35.9 Å². The first kappa shape index (κ1) is 15.1. The van der Waals surface area contributed by atoms with E-state index in [1.807, 2.05) is 0 Å². The van der Waals surface area contributed by atoms with Gasteiger partial charge in [-0.3, -0.25) is 4.90 Å². The molecule has 0 spiro atoms. The summed E-state index contributed by atoms with van der Waals surface area (Å²) >= 11 is 0. The lowest BCUT2D eigenvalue weighted by Crippen LogP contribution is -2.62. The largest absolute Gasteiger partial charge is 0.307 e. The molecule has 0 bridgehead atoms. The number of benzene rings is 1. The summed E-state index contributed by atoms with van der Waals surface area (Å²) in [6, 6.07) is 11.5. The third kappa shape index (κ3) is 3.02. The van der Waals surface area contributed by atoms with E-state index in [4.69, 9.17) is 0 Å². The van der Waals surface area contributed by atoms with E-state index in [0.717, 1.165) is 12.5 Å². The molecule has 2 nitrogen and oxygen atoms in total. The van der Waals surface area contributed by atoms with Crippen LogP contribution in [0.4, 0.5) is 0 Å². The fourth-order valence-corrected chi connectivity index (χ4v) is 4.01. The zero-order valence-corrected chi connectivity index (χ0v) is 13.6. The third-order valence-corrected chi connectivity index (χ3v) is 5.97. The molecule has 2 heteroatoms. The molecule has 1 heterocycles. The highest BCUT2D eigenvalue weighted by molar-refractivity contribution is 5.21. The van der Waals surface area contributed by atoms with Gasteiger partial charge in [-0.15, -0.1) is 0 Å². The summed E-state index contributed by atoms with van der Waals surface area (Å²) in [6.07, 6.45) is 6.85. The van der Waals surface area contributed by atoms with Gasteiger partial charge in [-0.1, -0.05) is 50.6 Å². The van der Waals surface area contributed by atoms with Crippen LogP contribution in [0.2, 0.25) is 0 Å². The van der Waals surface area contributed by atoms with Gasteiger partial charge in [-0.05, 0) is 37.2 Å². The molecule has 1 saturated carbocycles. The van der Waals surface area contributed by atoms with Crippen LogP contribution >= 0.6 is 0 Å². The molecular weight excluding hydrogens is 256 g/mol. The van der Waals surface area contributed by atoms with Crippen LogP contribution in [0, 0.1) is 5.92 Å². The van der Waals surface area contributed by atoms with Crippen molar-refractivity contribution >= 4 is 0 Å². The third-order valence-electron chi connectivity index (χ3n) is 5.97. The van der Waals surface area contributed by atoms with Crippen LogP contribution < -0.4 is 5.32 Å². The van der Waals surface area contributed by atoms with E-state index < -0.39 is 0 Å². The second kappa shape index (κ2) is 6.50. The highest BCUT2D eigenvalue weighted by atomic mass is 15.3. The van der Waals surface area contributed by atoms with E-state index in [0.29, 0.717) is 11.6 Å². The van der Waals surface area contributed by atoms with Crippen LogP contribution in [-0.4, -0.2) is 30.1 Å². The van der Waals surface area contributed by atoms with E-state index in [9.17, 15) is 0 Å². The van der Waals surface area contributed by atoms with Crippen LogP contribution in [-0.2, 0) is 0 Å². The van der Waals surface area contributed by atoms with E-state index in [1.54, 1.807) is 0 Å². The first-order valence-corrected chi connectivity index (χ1v) is 8.81. The Bertz CT molecular complexity index is 434. The zero-order valence-electron chi connectivity index (χ0n) is 13.6. The lowest BCUT2D eigenvalue weighted by atomic mass is 9.80. The predicted octanol–water partition coefficient (Wildman–Crippen LogP) is 3.99. The van der Waals surface area contributed by atoms with E-state index >= 15 is 0 Å². The van der Waals surface area contributed by atoms with Crippen molar-refractivity contribution < 1.29 is 0 Å². The summed E-state index contributed by atoms with van der Waals surface area (Å²) in [5.41, 5.74) is 1.82. The van der Waals surface area contributed by atoms with Gasteiger partial charge in [-0.25, -0.2) is 0 Å². The highest BCUT2D eigenvalue weighted by Crippen LogP contribution is 2.35. The van der Waals surface area contributed by atoms with Crippen molar-refractivity contribution in [1.82, 2.24) is 10.2 Å². The number of hydrogen-bond donors (Lipinski definition) is 1. The van der Waals surface area contributed by atoms with Crippen LogP contribution in [0.3, 0.4) is 0 Å². The molecule has 1 N–H and O–H groups in total. The fraction of sp³-hybridized carbons (Fsp3) is 0.684. The molecule has 116 valence electrons. The van der Waals surface area contributed by atoms with Crippen LogP contribution in [0.1, 0.15) is 57.6 Å². The quantitative estimate of drug-likeness (QED) is 0.880. The monoisotopic (exact) mass is 286 g/mol. The van der Waals surface area contributed by atoms with Crippen LogP contribution in [0.25, 0.3) is 0 Å². The van der Waals surface area contributed by atoms with Gasteiger partial charge in [0, 0.05) is 31.2 Å². The molecule has 21 heavy (non-hydrogen) atoms. The van der Waals surface area contributed by atoms with Crippen molar-refractivity contribution in [3.8, 4) is 0 Å². The molecule has 0 amide bonds. The molecular formula is C19H30N2. The minimum absolute atomic E-state index is 0.376. The minimum atomic E-state index is 0.376. The minimum Gasteiger partial charge on any atom is -0.307 e. The van der Waals surface area contributed by atoms with Gasteiger partial charge in [0.25, 0.3) is 0 Å². The Kier molecular flexibility index (Phi) is 4.66. The van der Waals surface area contributed by atoms with Crippen molar-refractivity contribution in [1.29, 1.82) is 0 Å². The molecule has 1 saturated heterocycles. The first-order valence-electron chi connectivity index (χ1n) is 8.81. The summed E-state index contributed by atoms with van der Waals surface area (Å²) in [4.78, 5) is 2.82. The molecule has 0 radical (unpaired) electrons. The Hall–Kier alpha value is -0.860. The normalized spacial score (nSPS) is 26.5. The summed E-state index contributed by atoms with van der Waals surface area (Å²) in [5.74, 6) is 0.956. The Morgan fingerprint density at radius 3 is 2.43 bits per heavy atom. The second-order valence-corrected chi connectivity index (χ2v) is 6.98. The van der Waals surface area contributed by atoms with Gasteiger partial charge >= 0.3 is 0 Å². The number of rotatable bonds is 5. The molecule has 1 aliphatic carbocycles. The van der Waals surface area contributed by atoms with Gasteiger partial charge < -0.3 is 5.32 Å². The second-order valence-electron chi connectivity index (χ2n) is 6.98. The standard InChI is InChI=1S/C19H30N2/c1-3-19(4-2)15-20-18(17-11-6-5-7-12-17)14-21(19)13-16-9-8-10-16/h5-7,11-12,16,18,20H,3-4,8-10,13-15H2,1-2H3. The Morgan fingerprint density at radius 2 is 1.86 bits per heavy atom. The molecule has 1 unspecified atom stereocenters. The van der Waals surface area contributed by atoms with Gasteiger partial charge in [-0.2, -0.15) is 0 Å². The fourth-order valence-electron chi connectivity index (χ4n) is 4.01. The molecule has 1 atom stereocenters. The zero-order chi connectivity index (χ0) is 14.7. The number of nitrogens with zero attached hydrogens (tertiary/aromatic N) is 1. The van der Waals surface area contributed by atoms with Crippen LogP contribution in [0.15, 0.2) is 30.3 Å². The summed E-state index contributed by atoms with van der Waals surface area (Å²) in [7, 11) is 0.